The van der Waals surface area contributed by atoms with Crippen LogP contribution in [0, 0.1) is 0 Å². The number of thioether (sulfide) groups is 2. The fourth-order valence-electron chi connectivity index (χ4n) is 4.24. The van der Waals surface area contributed by atoms with E-state index in [9.17, 15) is 4.79 Å². The van der Waals surface area contributed by atoms with Gasteiger partial charge in [-0.15, -0.1) is 0 Å². The second-order valence-corrected chi connectivity index (χ2v) is 10.1. The van der Waals surface area contributed by atoms with Crippen LogP contribution in [0.1, 0.15) is 0 Å². The van der Waals surface area contributed by atoms with Crippen LogP contribution in [0.4, 0.5) is 17.1 Å². The number of hydrogen-bond donors (Lipinski definition) is 0. The molecule has 2 aliphatic rings. The summed E-state index contributed by atoms with van der Waals surface area (Å²) in [5, 5.41) is 3.70. The van der Waals surface area contributed by atoms with Crippen LogP contribution in [0.5, 0.6) is 5.75 Å². The van der Waals surface area contributed by atoms with E-state index in [2.05, 4.69) is 23.1 Å². The number of carbonyl (C=O) groups is 1. The first-order chi connectivity index (χ1) is 17.1. The van der Waals surface area contributed by atoms with Crippen molar-refractivity contribution < 1.29 is 9.53 Å². The Labute approximate surface area is 212 Å². The minimum Gasteiger partial charge on any atom is -0.497 e. The van der Waals surface area contributed by atoms with Crippen molar-refractivity contribution in [1.29, 1.82) is 0 Å². The summed E-state index contributed by atoms with van der Waals surface area (Å²) in [4.78, 5) is 24.4. The van der Waals surface area contributed by atoms with Crippen LogP contribution < -0.4 is 14.5 Å². The highest BCUT2D eigenvalue weighted by Crippen LogP contribution is 2.51. The molecule has 0 bridgehead atoms. The quantitative estimate of drug-likeness (QED) is 0.286. The summed E-state index contributed by atoms with van der Waals surface area (Å²) in [6, 6.07) is 29.9. The maximum Gasteiger partial charge on any atom is 0.274 e. The van der Waals surface area contributed by atoms with Crippen LogP contribution >= 0.6 is 23.5 Å². The third-order valence-corrected chi connectivity index (χ3v) is 8.41. The first-order valence-corrected chi connectivity index (χ1v) is 12.7. The van der Waals surface area contributed by atoms with Gasteiger partial charge in [-0.1, -0.05) is 66.4 Å². The molecule has 35 heavy (non-hydrogen) atoms. The molecule has 0 atom stereocenters. The molecule has 7 heteroatoms. The van der Waals surface area contributed by atoms with Crippen LogP contribution in [0.15, 0.2) is 111 Å². The highest BCUT2D eigenvalue weighted by molar-refractivity contribution is 8.20. The zero-order valence-electron chi connectivity index (χ0n) is 19.1. The Kier molecular flexibility index (Phi) is 5.51. The molecule has 2 aliphatic heterocycles. The fraction of sp³-hybridized carbons (Fsp3) is 0.0714. The number of aliphatic imine (C=N–C) groups is 1. The predicted molar refractivity (Wildman–Crippen MR) is 147 cm³/mol. The number of ether oxygens (including phenoxy) is 1. The molecule has 172 valence electrons. The normalized spacial score (nSPS) is 18.6. The van der Waals surface area contributed by atoms with Crippen molar-refractivity contribution in [2.24, 2.45) is 4.99 Å². The molecular weight excluding hydrogens is 474 g/mol. The number of methoxy groups -OCH3 is 1. The van der Waals surface area contributed by atoms with Crippen molar-refractivity contribution in [2.75, 3.05) is 24.0 Å². The Hall–Kier alpha value is -3.68. The monoisotopic (exact) mass is 495 g/mol. The zero-order valence-corrected chi connectivity index (χ0v) is 20.8. The fourth-order valence-corrected chi connectivity index (χ4v) is 6.56. The van der Waals surface area contributed by atoms with Gasteiger partial charge >= 0.3 is 0 Å². The minimum absolute atomic E-state index is 0.0747. The standard InChI is InChI=1S/C28H21N3O2S2/c1-30-23-17-20(33-2)15-16-24(23)34-27(30)25-26(32)31(19-11-4-3-5-12-19)28(35-25)29-22-14-8-10-18-9-6-7-13-21(18)22/h3-17H,1-2H3. The van der Waals surface area contributed by atoms with Crippen molar-refractivity contribution in [3.05, 3.63) is 101 Å². The van der Waals surface area contributed by atoms with Gasteiger partial charge in [-0.05, 0) is 47.5 Å². The number of amides is 1. The van der Waals surface area contributed by atoms with Crippen LogP contribution in [-0.2, 0) is 4.79 Å². The van der Waals surface area contributed by atoms with Gasteiger partial charge in [-0.2, -0.15) is 0 Å². The number of hydrogen-bond acceptors (Lipinski definition) is 6. The van der Waals surface area contributed by atoms with E-state index in [1.807, 2.05) is 79.8 Å². The summed E-state index contributed by atoms with van der Waals surface area (Å²) >= 11 is 3.02. The molecule has 6 rings (SSSR count). The lowest BCUT2D eigenvalue weighted by Gasteiger charge is -2.17. The summed E-state index contributed by atoms with van der Waals surface area (Å²) in [5.74, 6) is 0.714. The van der Waals surface area contributed by atoms with Crippen molar-refractivity contribution in [1.82, 2.24) is 0 Å². The van der Waals surface area contributed by atoms with Gasteiger partial charge in [-0.3, -0.25) is 9.69 Å². The van der Waals surface area contributed by atoms with Gasteiger partial charge < -0.3 is 9.64 Å². The summed E-state index contributed by atoms with van der Waals surface area (Å²) in [6.07, 6.45) is 0. The van der Waals surface area contributed by atoms with E-state index < -0.39 is 0 Å². The minimum atomic E-state index is -0.0747. The maximum atomic E-state index is 13.9. The van der Waals surface area contributed by atoms with Gasteiger partial charge in [0.25, 0.3) is 5.91 Å². The molecule has 4 aromatic rings. The number of amidine groups is 1. The Morgan fingerprint density at radius 2 is 1.63 bits per heavy atom. The van der Waals surface area contributed by atoms with Crippen LogP contribution in [0.25, 0.3) is 10.8 Å². The van der Waals surface area contributed by atoms with Crippen LogP contribution in [-0.4, -0.2) is 25.2 Å². The van der Waals surface area contributed by atoms with Gasteiger partial charge in [0.2, 0.25) is 0 Å². The molecule has 1 amide bonds. The van der Waals surface area contributed by atoms with E-state index in [1.165, 1.54) is 11.8 Å². The van der Waals surface area contributed by atoms with Gasteiger partial charge in [0.15, 0.2) is 5.17 Å². The molecule has 0 aliphatic carbocycles. The van der Waals surface area contributed by atoms with Gasteiger partial charge in [0.1, 0.15) is 10.7 Å². The number of anilines is 2. The lowest BCUT2D eigenvalue weighted by molar-refractivity contribution is -0.113. The molecule has 0 N–H and O–H groups in total. The molecule has 0 spiro atoms. The Morgan fingerprint density at radius 1 is 0.857 bits per heavy atom. The van der Waals surface area contributed by atoms with Gasteiger partial charge in [0, 0.05) is 23.4 Å². The largest absolute Gasteiger partial charge is 0.497 e. The summed E-state index contributed by atoms with van der Waals surface area (Å²) in [5.41, 5.74) is 2.66. The second-order valence-electron chi connectivity index (χ2n) is 8.10. The van der Waals surface area contributed by atoms with E-state index in [0.717, 1.165) is 43.5 Å². The highest BCUT2D eigenvalue weighted by Gasteiger charge is 2.40. The maximum absolute atomic E-state index is 13.9. The van der Waals surface area contributed by atoms with Crippen LogP contribution in [0.2, 0.25) is 0 Å². The number of carbonyl (C=O) groups excluding carboxylic acids is 1. The van der Waals surface area contributed by atoms with Crippen LogP contribution in [0.3, 0.4) is 0 Å². The summed E-state index contributed by atoms with van der Waals surface area (Å²) in [6.45, 7) is 0. The smallest absolute Gasteiger partial charge is 0.274 e. The lowest BCUT2D eigenvalue weighted by Crippen LogP contribution is -2.29. The van der Waals surface area contributed by atoms with Gasteiger partial charge in [-0.25, -0.2) is 4.99 Å². The number of rotatable bonds is 3. The molecular formula is C28H21N3O2S2. The van der Waals surface area contributed by atoms with Crippen molar-refractivity contribution in [2.45, 2.75) is 4.90 Å². The highest BCUT2D eigenvalue weighted by atomic mass is 32.2. The first-order valence-electron chi connectivity index (χ1n) is 11.1. The molecule has 2 heterocycles. The SMILES string of the molecule is COc1ccc2c(c1)N(C)C(=C1SC(=Nc3cccc4ccccc34)N(c3ccccc3)C1=O)S2. The first kappa shape index (κ1) is 21.8. The van der Waals surface area contributed by atoms with Gasteiger partial charge in [0.05, 0.1) is 29.2 Å². The molecule has 4 aromatic carbocycles. The number of para-hydroxylation sites is 1. The number of fused-ring (bicyclic) bond motifs is 2. The molecule has 0 aromatic heterocycles. The predicted octanol–water partition coefficient (Wildman–Crippen LogP) is 7.03. The topological polar surface area (TPSA) is 45.1 Å². The average Bonchev–Trinajstić information content (AvgIpc) is 3.40. The summed E-state index contributed by atoms with van der Waals surface area (Å²) in [7, 11) is 3.65. The molecule has 1 fully saturated rings. The number of nitrogens with zero attached hydrogens (tertiary/aromatic N) is 3. The lowest BCUT2D eigenvalue weighted by atomic mass is 10.1. The zero-order chi connectivity index (χ0) is 23.9. The van der Waals surface area contributed by atoms with E-state index in [-0.39, 0.29) is 5.91 Å². The van der Waals surface area contributed by atoms with E-state index in [4.69, 9.17) is 9.73 Å². The number of benzene rings is 4. The molecule has 5 nitrogen and oxygen atoms in total. The second kappa shape index (κ2) is 8.83. The Balaban J connectivity index is 1.48. The molecule has 0 radical (unpaired) electrons. The van der Waals surface area contributed by atoms with E-state index in [0.29, 0.717) is 10.1 Å². The third-order valence-electron chi connectivity index (χ3n) is 6.01. The average molecular weight is 496 g/mol. The third kappa shape index (κ3) is 3.77. The van der Waals surface area contributed by atoms with E-state index >= 15 is 0 Å². The van der Waals surface area contributed by atoms with Crippen molar-refractivity contribution in [3.63, 3.8) is 0 Å². The Morgan fingerprint density at radius 3 is 2.46 bits per heavy atom. The molecule has 0 unspecified atom stereocenters. The summed E-state index contributed by atoms with van der Waals surface area (Å²) < 4.78 is 5.41. The Bertz CT molecular complexity index is 1530. The van der Waals surface area contributed by atoms with E-state index in [1.54, 1.807) is 23.8 Å². The van der Waals surface area contributed by atoms with Crippen molar-refractivity contribution in [3.8, 4) is 5.75 Å². The van der Waals surface area contributed by atoms with Crippen molar-refractivity contribution >= 4 is 62.4 Å². The molecule has 0 saturated carbocycles. The molecule has 1 saturated heterocycles.